The molecule has 0 heterocycles. The molecule has 0 unspecified atom stereocenters. The van der Waals surface area contributed by atoms with Crippen molar-refractivity contribution in [2.75, 3.05) is 0 Å². The Balaban J connectivity index is 1.31. The van der Waals surface area contributed by atoms with Gasteiger partial charge in [-0.15, -0.1) is 0 Å². The minimum atomic E-state index is -1.36. The van der Waals surface area contributed by atoms with E-state index in [1.165, 1.54) is 0 Å². The lowest BCUT2D eigenvalue weighted by Crippen LogP contribution is -2.59. The van der Waals surface area contributed by atoms with Crippen LogP contribution in [-0.4, -0.2) is 18.1 Å². The van der Waals surface area contributed by atoms with Crippen LogP contribution < -0.4 is 5.32 Å². The van der Waals surface area contributed by atoms with Crippen LogP contribution in [0.15, 0.2) is 273 Å². The van der Waals surface area contributed by atoms with E-state index in [0.29, 0.717) is 0 Å². The molecule has 0 bridgehead atoms. The molecular formula is C61H51NO3. The van der Waals surface area contributed by atoms with E-state index in [9.17, 15) is 0 Å². The van der Waals surface area contributed by atoms with Crippen molar-refractivity contribution in [2.45, 2.75) is 35.8 Å². The van der Waals surface area contributed by atoms with E-state index < -0.39 is 34.9 Å². The zero-order valence-corrected chi connectivity index (χ0v) is 36.4. The molecule has 1 N–H and O–H groups in total. The highest BCUT2D eigenvalue weighted by molar-refractivity contribution is 5.79. The first-order chi connectivity index (χ1) is 32.1. The van der Waals surface area contributed by atoms with Crippen LogP contribution in [0, 0.1) is 0 Å². The standard InChI is InChI=1S/C61H51NO3/c1-47(64-60(51-35-17-5-18-36-51,52-37-19-6-20-38-52)53-39-21-7-22-40-53)57(62-59(48-29-11-2-12-30-48,49-31-13-3-14-32-49)50-33-15-4-16-34-50)58(63)65-61(54-41-23-8-24-42-54,55-43-25-9-26-44-55)56-45-27-10-28-46-56/h2-47,57,62H,1H3/t47-,57+/m1/s1. The van der Waals surface area contributed by atoms with E-state index in [1.54, 1.807) is 0 Å². The molecule has 0 aliphatic carbocycles. The van der Waals surface area contributed by atoms with Gasteiger partial charge in [-0.2, -0.15) is 0 Å². The molecule has 2 atom stereocenters. The number of ether oxygens (including phenoxy) is 2. The minimum absolute atomic E-state index is 0.496. The Morgan fingerprint density at radius 2 is 0.554 bits per heavy atom. The first kappa shape index (κ1) is 42.7. The van der Waals surface area contributed by atoms with Gasteiger partial charge in [0.1, 0.15) is 11.6 Å². The van der Waals surface area contributed by atoms with Gasteiger partial charge in [-0.05, 0) is 40.3 Å². The van der Waals surface area contributed by atoms with Gasteiger partial charge in [0.05, 0.1) is 11.6 Å². The fourth-order valence-corrected chi connectivity index (χ4v) is 9.39. The predicted octanol–water partition coefficient (Wildman–Crippen LogP) is 12.9. The SMILES string of the molecule is C[C@@H](OC(c1ccccc1)(c1ccccc1)c1ccccc1)[C@H](NC(c1ccccc1)(c1ccccc1)c1ccccc1)C(=O)OC(c1ccccc1)(c1ccccc1)c1ccccc1. The van der Waals surface area contributed by atoms with Gasteiger partial charge in [0.25, 0.3) is 0 Å². The molecular weight excluding hydrogens is 795 g/mol. The number of benzene rings is 9. The average Bonchev–Trinajstić information content (AvgIpc) is 3.40. The smallest absolute Gasteiger partial charge is 0.327 e. The van der Waals surface area contributed by atoms with Gasteiger partial charge in [-0.1, -0.05) is 273 Å². The fraction of sp³-hybridized carbons (Fsp3) is 0.0984. The molecule has 4 heteroatoms. The van der Waals surface area contributed by atoms with Gasteiger partial charge in [0, 0.05) is 16.7 Å². The Hall–Kier alpha value is -7.63. The summed E-state index contributed by atoms with van der Waals surface area (Å²) in [6.45, 7) is 1.99. The lowest BCUT2D eigenvalue weighted by Gasteiger charge is -2.45. The van der Waals surface area contributed by atoms with Crippen LogP contribution in [0.3, 0.4) is 0 Å². The highest BCUT2D eigenvalue weighted by atomic mass is 16.6. The molecule has 9 aromatic carbocycles. The van der Waals surface area contributed by atoms with Crippen LogP contribution in [0.1, 0.15) is 57.0 Å². The number of carbonyl (C=O) groups is 1. The molecule has 0 spiro atoms. The van der Waals surface area contributed by atoms with Crippen molar-refractivity contribution in [2.24, 2.45) is 0 Å². The Labute approximate surface area is 382 Å². The Morgan fingerprint density at radius 1 is 0.338 bits per heavy atom. The van der Waals surface area contributed by atoms with Crippen molar-refractivity contribution < 1.29 is 14.3 Å². The molecule has 65 heavy (non-hydrogen) atoms. The number of esters is 1. The molecule has 9 rings (SSSR count). The van der Waals surface area contributed by atoms with Gasteiger partial charge in [-0.3, -0.25) is 10.1 Å². The molecule has 318 valence electrons. The lowest BCUT2D eigenvalue weighted by molar-refractivity contribution is -0.164. The Bertz CT molecular complexity index is 2560. The van der Waals surface area contributed by atoms with Gasteiger partial charge in [0.2, 0.25) is 0 Å². The number of rotatable bonds is 16. The summed E-state index contributed by atoms with van der Waals surface area (Å²) in [4.78, 5) is 16.4. The summed E-state index contributed by atoms with van der Waals surface area (Å²) in [5, 5.41) is 4.07. The summed E-state index contributed by atoms with van der Waals surface area (Å²) in [7, 11) is 0. The Kier molecular flexibility index (Phi) is 12.7. The van der Waals surface area contributed by atoms with Crippen molar-refractivity contribution in [3.63, 3.8) is 0 Å². The zero-order chi connectivity index (χ0) is 44.4. The number of carbonyl (C=O) groups excluding carboxylic acids is 1. The number of hydrogen-bond acceptors (Lipinski definition) is 4. The molecule has 0 aliphatic rings. The quantitative estimate of drug-likeness (QED) is 0.0777. The van der Waals surface area contributed by atoms with Crippen LogP contribution in [0.4, 0.5) is 0 Å². The topological polar surface area (TPSA) is 47.6 Å². The van der Waals surface area contributed by atoms with Crippen LogP contribution in [-0.2, 0) is 31.0 Å². The summed E-state index contributed by atoms with van der Waals surface area (Å²) < 4.78 is 15.2. The fourth-order valence-electron chi connectivity index (χ4n) is 9.39. The van der Waals surface area contributed by atoms with E-state index in [0.717, 1.165) is 50.1 Å². The van der Waals surface area contributed by atoms with Crippen LogP contribution in [0.25, 0.3) is 0 Å². The average molecular weight is 846 g/mol. The van der Waals surface area contributed by atoms with E-state index in [2.05, 4.69) is 78.1 Å². The van der Waals surface area contributed by atoms with Crippen LogP contribution >= 0.6 is 0 Å². The zero-order valence-electron chi connectivity index (χ0n) is 36.4. The Morgan fingerprint density at radius 3 is 0.800 bits per heavy atom. The second-order valence-electron chi connectivity index (χ2n) is 16.3. The maximum Gasteiger partial charge on any atom is 0.327 e. The highest BCUT2D eigenvalue weighted by Gasteiger charge is 2.49. The third-order valence-corrected chi connectivity index (χ3v) is 12.4. The summed E-state index contributed by atoms with van der Waals surface area (Å²) in [5.41, 5.74) is 4.45. The summed E-state index contributed by atoms with van der Waals surface area (Å²) in [6, 6.07) is 90.8. The maximum atomic E-state index is 16.4. The van der Waals surface area contributed by atoms with E-state index in [4.69, 9.17) is 9.47 Å². The maximum absolute atomic E-state index is 16.4. The summed E-state index contributed by atoms with van der Waals surface area (Å²) >= 11 is 0. The second-order valence-corrected chi connectivity index (χ2v) is 16.3. The monoisotopic (exact) mass is 845 g/mol. The largest absolute Gasteiger partial charge is 0.443 e. The van der Waals surface area contributed by atoms with Crippen molar-refractivity contribution in [3.05, 3.63) is 323 Å². The molecule has 0 amide bonds. The second kappa shape index (κ2) is 19.4. The summed E-state index contributed by atoms with van der Waals surface area (Å²) in [5.74, 6) is -0.496. The van der Waals surface area contributed by atoms with Crippen molar-refractivity contribution in [3.8, 4) is 0 Å². The molecule has 0 aliphatic heterocycles. The van der Waals surface area contributed by atoms with Crippen LogP contribution in [0.2, 0.25) is 0 Å². The predicted molar refractivity (Wildman–Crippen MR) is 261 cm³/mol. The van der Waals surface area contributed by atoms with Crippen molar-refractivity contribution in [1.29, 1.82) is 0 Å². The molecule has 0 aromatic heterocycles. The van der Waals surface area contributed by atoms with Gasteiger partial charge in [0.15, 0.2) is 5.60 Å². The van der Waals surface area contributed by atoms with E-state index in [1.807, 2.05) is 207 Å². The molecule has 0 radical (unpaired) electrons. The number of nitrogens with one attached hydrogen (secondary N) is 1. The molecule has 0 saturated carbocycles. The summed E-state index contributed by atoms with van der Waals surface area (Å²) in [6.07, 6.45) is -0.848. The van der Waals surface area contributed by atoms with E-state index in [-0.39, 0.29) is 0 Å². The first-order valence-corrected chi connectivity index (χ1v) is 22.2. The number of hydrogen-bond donors (Lipinski definition) is 1. The van der Waals surface area contributed by atoms with Gasteiger partial charge in [-0.25, -0.2) is 0 Å². The van der Waals surface area contributed by atoms with Crippen molar-refractivity contribution in [1.82, 2.24) is 5.32 Å². The highest BCUT2D eigenvalue weighted by Crippen LogP contribution is 2.45. The third-order valence-electron chi connectivity index (χ3n) is 12.4. The van der Waals surface area contributed by atoms with E-state index >= 15 is 4.79 Å². The molecule has 0 fully saturated rings. The van der Waals surface area contributed by atoms with Crippen LogP contribution in [0.5, 0.6) is 0 Å². The third kappa shape index (κ3) is 8.34. The van der Waals surface area contributed by atoms with Gasteiger partial charge < -0.3 is 9.47 Å². The molecule has 9 aromatic rings. The molecule has 4 nitrogen and oxygen atoms in total. The minimum Gasteiger partial charge on any atom is -0.443 e. The molecule has 0 saturated heterocycles. The lowest BCUT2D eigenvalue weighted by atomic mass is 9.76. The first-order valence-electron chi connectivity index (χ1n) is 22.2. The normalized spacial score (nSPS) is 12.8. The van der Waals surface area contributed by atoms with Gasteiger partial charge >= 0.3 is 5.97 Å². The van der Waals surface area contributed by atoms with Crippen molar-refractivity contribution >= 4 is 5.97 Å².